The van der Waals surface area contributed by atoms with Crippen molar-refractivity contribution in [3.63, 3.8) is 0 Å². The molecule has 0 saturated carbocycles. The molecule has 1 N–H and O–H groups in total. The molecule has 1 aliphatic rings. The van der Waals surface area contributed by atoms with Crippen molar-refractivity contribution in [1.29, 1.82) is 0 Å². The summed E-state index contributed by atoms with van der Waals surface area (Å²) in [5.74, 6) is -2.00. The first kappa shape index (κ1) is 31.4. The van der Waals surface area contributed by atoms with Crippen LogP contribution in [0.2, 0.25) is 10.0 Å². The van der Waals surface area contributed by atoms with Crippen LogP contribution >= 0.6 is 23.2 Å². The van der Waals surface area contributed by atoms with E-state index < -0.39 is 70.1 Å². The van der Waals surface area contributed by atoms with Crippen molar-refractivity contribution < 1.29 is 45.2 Å². The number of nitrogens with zero attached hydrogens (tertiary/aromatic N) is 2. The lowest BCUT2D eigenvalue weighted by Crippen LogP contribution is -2.42. The topological polar surface area (TPSA) is 72.3 Å². The summed E-state index contributed by atoms with van der Waals surface area (Å²) in [5, 5.41) is 8.12. The van der Waals surface area contributed by atoms with Crippen LogP contribution in [0, 0.1) is 5.82 Å². The van der Waals surface area contributed by atoms with Crippen molar-refractivity contribution in [2.24, 2.45) is 10.3 Å². The smallest absolute Gasteiger partial charge is 0.393 e. The van der Waals surface area contributed by atoms with Crippen LogP contribution in [0.25, 0.3) is 10.8 Å². The number of alkyl halides is 6. The van der Waals surface area contributed by atoms with Gasteiger partial charge in [0.05, 0.1) is 22.3 Å². The maximum absolute atomic E-state index is 14.4. The largest absolute Gasteiger partial charge is 0.435 e. The molecule has 3 aromatic rings. The highest BCUT2D eigenvalue weighted by molar-refractivity contribution is 6.35. The van der Waals surface area contributed by atoms with Crippen molar-refractivity contribution >= 4 is 51.3 Å². The van der Waals surface area contributed by atoms with Crippen LogP contribution in [0.3, 0.4) is 0 Å². The lowest BCUT2D eigenvalue weighted by atomic mass is 9.85. The molecule has 1 amide bonds. The van der Waals surface area contributed by atoms with Gasteiger partial charge in [-0.3, -0.25) is 4.79 Å². The van der Waals surface area contributed by atoms with Crippen LogP contribution in [0.4, 0.5) is 30.7 Å². The quantitative estimate of drug-likeness (QED) is 0.124. The summed E-state index contributed by atoms with van der Waals surface area (Å²) in [5.41, 5.74) is -5.05. The first-order valence-corrected chi connectivity index (χ1v) is 12.9. The van der Waals surface area contributed by atoms with Gasteiger partial charge in [0.1, 0.15) is 6.10 Å². The van der Waals surface area contributed by atoms with Gasteiger partial charge in [-0.25, -0.2) is 4.39 Å². The fourth-order valence-electron chi connectivity index (χ4n) is 4.20. The normalized spacial score (nSPS) is 17.8. The SMILES string of the molecule is CC(C)O/N=C(/CNC(=O)c1ccc(C2=NOC(c3cc(Cl)c(F)c(Cl)c3)(C(F)(F)F)C2)c2ccccc12)C(F)(F)F. The monoisotopic (exact) mass is 637 g/mol. The molecule has 3 aromatic carbocycles. The highest BCUT2D eigenvalue weighted by Crippen LogP contribution is 2.50. The van der Waals surface area contributed by atoms with Crippen molar-refractivity contribution in [1.82, 2.24) is 5.32 Å². The second-order valence-corrected chi connectivity index (χ2v) is 10.3. The Morgan fingerprint density at radius 1 is 1.07 bits per heavy atom. The Morgan fingerprint density at radius 2 is 1.69 bits per heavy atom. The van der Waals surface area contributed by atoms with E-state index in [9.17, 15) is 35.5 Å². The first-order chi connectivity index (χ1) is 19.5. The number of amides is 1. The summed E-state index contributed by atoms with van der Waals surface area (Å²) < 4.78 is 97.3. The minimum absolute atomic E-state index is 0.0562. The Kier molecular flexibility index (Phi) is 8.66. The van der Waals surface area contributed by atoms with Crippen LogP contribution in [-0.2, 0) is 15.3 Å². The van der Waals surface area contributed by atoms with Crippen LogP contribution in [0.1, 0.15) is 41.8 Å². The molecular weight excluding hydrogens is 618 g/mol. The number of carbonyl (C=O) groups excluding carboxylic acids is 1. The predicted molar refractivity (Wildman–Crippen MR) is 142 cm³/mol. The molecule has 4 rings (SSSR count). The lowest BCUT2D eigenvalue weighted by molar-refractivity contribution is -0.275. The molecule has 1 heterocycles. The third kappa shape index (κ3) is 6.12. The predicted octanol–water partition coefficient (Wildman–Crippen LogP) is 7.94. The molecule has 1 atom stereocenters. The van der Waals surface area contributed by atoms with Gasteiger partial charge >= 0.3 is 12.4 Å². The molecular formula is C27H20Cl2F7N3O3. The molecule has 42 heavy (non-hydrogen) atoms. The highest BCUT2D eigenvalue weighted by atomic mass is 35.5. The zero-order valence-corrected chi connectivity index (χ0v) is 23.1. The zero-order valence-electron chi connectivity index (χ0n) is 21.6. The van der Waals surface area contributed by atoms with E-state index in [-0.39, 0.29) is 27.6 Å². The number of benzene rings is 3. The molecule has 6 nitrogen and oxygen atoms in total. The fourth-order valence-corrected chi connectivity index (χ4v) is 4.69. The van der Waals surface area contributed by atoms with E-state index in [0.717, 1.165) is 12.1 Å². The van der Waals surface area contributed by atoms with Crippen molar-refractivity contribution in [3.05, 3.63) is 81.1 Å². The van der Waals surface area contributed by atoms with Crippen LogP contribution < -0.4 is 5.32 Å². The van der Waals surface area contributed by atoms with Crippen LogP contribution in [0.5, 0.6) is 0 Å². The Balaban J connectivity index is 1.68. The molecule has 0 fully saturated rings. The van der Waals surface area contributed by atoms with Gasteiger partial charge in [0.15, 0.2) is 11.5 Å². The van der Waals surface area contributed by atoms with Gasteiger partial charge in [-0.15, -0.1) is 0 Å². The van der Waals surface area contributed by atoms with Gasteiger partial charge in [0.25, 0.3) is 11.5 Å². The number of oxime groups is 2. The van der Waals surface area contributed by atoms with Gasteiger partial charge in [-0.2, -0.15) is 26.3 Å². The average Bonchev–Trinajstić information content (AvgIpc) is 3.36. The Morgan fingerprint density at radius 3 is 2.26 bits per heavy atom. The molecule has 0 spiro atoms. The second kappa shape index (κ2) is 11.6. The Bertz CT molecular complexity index is 1570. The van der Waals surface area contributed by atoms with Crippen LogP contribution in [0.15, 0.2) is 58.8 Å². The van der Waals surface area contributed by atoms with E-state index in [1.54, 1.807) is 6.07 Å². The molecule has 0 saturated heterocycles. The molecule has 1 unspecified atom stereocenters. The Hall–Kier alpha value is -3.58. The van der Waals surface area contributed by atoms with E-state index in [4.69, 9.17) is 28.0 Å². The highest BCUT2D eigenvalue weighted by Gasteiger charge is 2.62. The number of fused-ring (bicyclic) bond motifs is 1. The van der Waals surface area contributed by atoms with Crippen molar-refractivity contribution in [3.8, 4) is 0 Å². The molecule has 1 aliphatic heterocycles. The summed E-state index contributed by atoms with van der Waals surface area (Å²) in [6.07, 6.45) is -11.4. The summed E-state index contributed by atoms with van der Waals surface area (Å²) in [6, 6.07) is 10.1. The zero-order chi connectivity index (χ0) is 31.0. The molecule has 15 heteroatoms. The summed E-state index contributed by atoms with van der Waals surface area (Å²) in [7, 11) is 0. The molecule has 0 aromatic heterocycles. The third-order valence-electron chi connectivity index (χ3n) is 6.23. The molecule has 0 bridgehead atoms. The maximum atomic E-state index is 14.4. The van der Waals surface area contributed by atoms with Gasteiger partial charge in [0, 0.05) is 23.1 Å². The van der Waals surface area contributed by atoms with Gasteiger partial charge in [-0.05, 0) is 42.8 Å². The summed E-state index contributed by atoms with van der Waals surface area (Å²) >= 11 is 11.5. The first-order valence-electron chi connectivity index (χ1n) is 12.1. The molecule has 224 valence electrons. The maximum Gasteiger partial charge on any atom is 0.435 e. The molecule has 0 radical (unpaired) electrons. The van der Waals surface area contributed by atoms with Crippen LogP contribution in [-0.4, -0.2) is 42.3 Å². The summed E-state index contributed by atoms with van der Waals surface area (Å²) in [6.45, 7) is 1.96. The van der Waals surface area contributed by atoms with Crippen molar-refractivity contribution in [2.45, 2.75) is 44.3 Å². The fraction of sp³-hybridized carbons (Fsp3) is 0.296. The van der Waals surface area contributed by atoms with E-state index in [2.05, 4.69) is 20.5 Å². The van der Waals surface area contributed by atoms with E-state index in [1.165, 1.54) is 44.2 Å². The standard InChI is InChI=1S/C27H20Cl2F7N3O3/c1-13(2)41-39-22(26(31,32)33)12-37-24(40)18-8-7-17(15-5-3-4-6-16(15)18)21-11-25(42-38-21,27(34,35)36)14-9-19(28)23(30)20(29)10-14/h3-10,13H,11-12H2,1-2H3,(H,37,40)/b39-22-. The third-order valence-corrected chi connectivity index (χ3v) is 6.78. The van der Waals surface area contributed by atoms with E-state index >= 15 is 0 Å². The second-order valence-electron chi connectivity index (χ2n) is 9.46. The lowest BCUT2D eigenvalue weighted by Gasteiger charge is -2.29. The number of carbonyl (C=O) groups is 1. The van der Waals surface area contributed by atoms with E-state index in [1.807, 2.05) is 0 Å². The van der Waals surface area contributed by atoms with E-state index in [0.29, 0.717) is 0 Å². The van der Waals surface area contributed by atoms with Gasteiger partial charge in [0.2, 0.25) is 0 Å². The number of nitrogens with one attached hydrogen (secondary N) is 1. The van der Waals surface area contributed by atoms with Crippen molar-refractivity contribution in [2.75, 3.05) is 6.54 Å². The number of halogens is 9. The minimum Gasteiger partial charge on any atom is -0.393 e. The van der Waals surface area contributed by atoms with Gasteiger partial charge in [-0.1, -0.05) is 63.8 Å². The number of rotatable bonds is 7. The van der Waals surface area contributed by atoms with Gasteiger partial charge < -0.3 is 15.0 Å². The Labute approximate surface area is 244 Å². The summed E-state index contributed by atoms with van der Waals surface area (Å²) in [4.78, 5) is 22.6. The number of hydrogen-bond donors (Lipinski definition) is 1. The number of hydrogen-bond acceptors (Lipinski definition) is 5. The average molecular weight is 638 g/mol. The minimum atomic E-state index is -5.05. The molecule has 0 aliphatic carbocycles.